The molecule has 0 aliphatic carbocycles. The number of nitrogens with zero attached hydrogens (tertiary/aromatic N) is 2. The number of rotatable bonds is 1. The summed E-state index contributed by atoms with van der Waals surface area (Å²) in [6.07, 6.45) is 0. The van der Waals surface area contributed by atoms with Crippen molar-refractivity contribution in [1.82, 2.24) is 9.55 Å². The van der Waals surface area contributed by atoms with Gasteiger partial charge in [-0.3, -0.25) is 0 Å². The van der Waals surface area contributed by atoms with Crippen LogP contribution in [0.25, 0.3) is 11.0 Å². The molecule has 1 unspecified atom stereocenters. The highest BCUT2D eigenvalue weighted by atomic mass is 19.2. The third kappa shape index (κ3) is 1.83. The lowest BCUT2D eigenvalue weighted by atomic mass is 9.88. The first-order chi connectivity index (χ1) is 8.23. The van der Waals surface area contributed by atoms with Gasteiger partial charge in [-0.1, -0.05) is 20.8 Å². The zero-order valence-corrected chi connectivity index (χ0v) is 11.0. The Bertz CT molecular complexity index is 596. The van der Waals surface area contributed by atoms with Gasteiger partial charge in [0.1, 0.15) is 5.52 Å². The molecule has 0 amide bonds. The fourth-order valence-electron chi connectivity index (χ4n) is 1.92. The second-order valence-electron chi connectivity index (χ2n) is 5.61. The number of anilines is 1. The third-order valence-corrected chi connectivity index (χ3v) is 3.41. The van der Waals surface area contributed by atoms with Crippen molar-refractivity contribution in [3.8, 4) is 0 Å². The van der Waals surface area contributed by atoms with Crippen molar-refractivity contribution < 1.29 is 8.78 Å². The molecule has 18 heavy (non-hydrogen) atoms. The van der Waals surface area contributed by atoms with E-state index in [1.165, 1.54) is 6.07 Å². The summed E-state index contributed by atoms with van der Waals surface area (Å²) in [7, 11) is 0. The van der Waals surface area contributed by atoms with Crippen LogP contribution >= 0.6 is 0 Å². The molecule has 5 heteroatoms. The van der Waals surface area contributed by atoms with Crippen LogP contribution in [0.1, 0.15) is 33.7 Å². The Balaban J connectivity index is 2.78. The van der Waals surface area contributed by atoms with Crippen molar-refractivity contribution in [2.24, 2.45) is 5.41 Å². The summed E-state index contributed by atoms with van der Waals surface area (Å²) in [4.78, 5) is 4.08. The zero-order valence-electron chi connectivity index (χ0n) is 11.0. The highest BCUT2D eigenvalue weighted by Crippen LogP contribution is 2.35. The molecule has 0 aliphatic rings. The van der Waals surface area contributed by atoms with E-state index in [1.54, 1.807) is 4.57 Å². The van der Waals surface area contributed by atoms with Crippen molar-refractivity contribution in [1.29, 1.82) is 0 Å². The van der Waals surface area contributed by atoms with Crippen molar-refractivity contribution >= 4 is 17.0 Å². The molecule has 0 radical (unpaired) electrons. The molecule has 1 aromatic carbocycles. The fraction of sp³-hybridized carbons (Fsp3) is 0.462. The van der Waals surface area contributed by atoms with E-state index in [0.29, 0.717) is 5.52 Å². The number of aromatic nitrogens is 2. The lowest BCUT2D eigenvalue weighted by molar-refractivity contribution is 0.268. The molecule has 1 heterocycles. The molecule has 1 aromatic heterocycles. The number of fused-ring (bicyclic) bond motifs is 1. The molecule has 0 saturated heterocycles. The van der Waals surface area contributed by atoms with Gasteiger partial charge in [0.2, 0.25) is 5.95 Å². The van der Waals surface area contributed by atoms with Gasteiger partial charge in [0.15, 0.2) is 11.6 Å². The van der Waals surface area contributed by atoms with E-state index in [1.807, 2.05) is 27.7 Å². The Labute approximate surface area is 105 Å². The zero-order chi connectivity index (χ0) is 13.7. The van der Waals surface area contributed by atoms with Gasteiger partial charge in [-0.15, -0.1) is 0 Å². The molecule has 0 bridgehead atoms. The van der Waals surface area contributed by atoms with E-state index in [4.69, 9.17) is 5.73 Å². The third-order valence-electron chi connectivity index (χ3n) is 3.41. The van der Waals surface area contributed by atoms with Gasteiger partial charge in [0.05, 0.1) is 5.52 Å². The summed E-state index contributed by atoms with van der Waals surface area (Å²) in [5.41, 5.74) is 6.21. The number of nitrogen functional groups attached to an aromatic ring is 1. The lowest BCUT2D eigenvalue weighted by Gasteiger charge is -2.29. The van der Waals surface area contributed by atoms with E-state index >= 15 is 0 Å². The Kier molecular flexibility index (Phi) is 2.80. The van der Waals surface area contributed by atoms with Crippen LogP contribution in [0.15, 0.2) is 12.1 Å². The first-order valence-corrected chi connectivity index (χ1v) is 5.85. The molecular weight excluding hydrogens is 236 g/mol. The number of imidazole rings is 1. The van der Waals surface area contributed by atoms with Gasteiger partial charge in [-0.05, 0) is 24.5 Å². The van der Waals surface area contributed by atoms with Gasteiger partial charge in [-0.2, -0.15) is 0 Å². The maximum atomic E-state index is 13.9. The van der Waals surface area contributed by atoms with E-state index in [0.717, 1.165) is 6.07 Å². The minimum Gasteiger partial charge on any atom is -0.369 e. The fourth-order valence-corrected chi connectivity index (χ4v) is 1.92. The summed E-state index contributed by atoms with van der Waals surface area (Å²) in [6.45, 7) is 7.96. The molecule has 0 saturated carbocycles. The van der Waals surface area contributed by atoms with Crippen LogP contribution in [0.3, 0.4) is 0 Å². The van der Waals surface area contributed by atoms with Gasteiger partial charge in [0, 0.05) is 6.04 Å². The normalized spacial score (nSPS) is 14.1. The van der Waals surface area contributed by atoms with Crippen LogP contribution < -0.4 is 5.73 Å². The van der Waals surface area contributed by atoms with Gasteiger partial charge < -0.3 is 10.3 Å². The molecular formula is C13H17F2N3. The van der Waals surface area contributed by atoms with Crippen LogP contribution in [-0.4, -0.2) is 9.55 Å². The topological polar surface area (TPSA) is 43.8 Å². The Morgan fingerprint density at radius 1 is 1.28 bits per heavy atom. The predicted octanol–water partition coefficient (Wildman–Crippen LogP) is 3.50. The number of hydrogen-bond donors (Lipinski definition) is 1. The number of nitrogens with two attached hydrogens (primary N) is 1. The van der Waals surface area contributed by atoms with E-state index in [2.05, 4.69) is 4.98 Å². The molecule has 3 nitrogen and oxygen atoms in total. The van der Waals surface area contributed by atoms with E-state index in [-0.39, 0.29) is 22.9 Å². The minimum absolute atomic E-state index is 0.0983. The average molecular weight is 253 g/mol. The molecule has 2 N–H and O–H groups in total. The summed E-state index contributed by atoms with van der Waals surface area (Å²) < 4.78 is 28.8. The van der Waals surface area contributed by atoms with E-state index in [9.17, 15) is 8.78 Å². The monoisotopic (exact) mass is 253 g/mol. The Hall–Kier alpha value is -1.65. The smallest absolute Gasteiger partial charge is 0.201 e. The van der Waals surface area contributed by atoms with Crippen LogP contribution in [0.2, 0.25) is 0 Å². The maximum Gasteiger partial charge on any atom is 0.201 e. The molecule has 0 spiro atoms. The molecule has 1 atom stereocenters. The van der Waals surface area contributed by atoms with Crippen LogP contribution in [0.5, 0.6) is 0 Å². The lowest BCUT2D eigenvalue weighted by Crippen LogP contribution is -2.23. The van der Waals surface area contributed by atoms with Crippen LogP contribution in [0.4, 0.5) is 14.7 Å². The number of halogens is 2. The average Bonchev–Trinajstić information content (AvgIpc) is 2.58. The quantitative estimate of drug-likeness (QED) is 0.845. The molecule has 2 rings (SSSR count). The van der Waals surface area contributed by atoms with Crippen molar-refractivity contribution in [3.63, 3.8) is 0 Å². The summed E-state index contributed by atoms with van der Waals surface area (Å²) >= 11 is 0. The Morgan fingerprint density at radius 2 is 1.89 bits per heavy atom. The van der Waals surface area contributed by atoms with Crippen molar-refractivity contribution in [2.75, 3.05) is 5.73 Å². The van der Waals surface area contributed by atoms with E-state index < -0.39 is 11.6 Å². The molecule has 0 aliphatic heterocycles. The summed E-state index contributed by atoms with van der Waals surface area (Å²) in [5.74, 6) is -1.57. The maximum absolute atomic E-state index is 13.9. The minimum atomic E-state index is -0.896. The molecule has 2 aromatic rings. The predicted molar refractivity (Wildman–Crippen MR) is 68.2 cm³/mol. The van der Waals surface area contributed by atoms with Crippen molar-refractivity contribution in [2.45, 2.75) is 33.7 Å². The number of hydrogen-bond acceptors (Lipinski definition) is 2. The second kappa shape index (κ2) is 3.93. The highest BCUT2D eigenvalue weighted by molar-refractivity contribution is 5.79. The number of benzene rings is 1. The summed E-state index contributed by atoms with van der Waals surface area (Å²) in [6, 6.07) is 2.41. The van der Waals surface area contributed by atoms with Crippen molar-refractivity contribution in [3.05, 3.63) is 23.8 Å². The largest absolute Gasteiger partial charge is 0.369 e. The standard InChI is InChI=1S/C13H17F2N3/c1-7(13(2,3)4)18-11-9(17-12(18)16)6-5-8(14)10(11)15/h5-7H,1-4H3,(H2,16,17). The first kappa shape index (κ1) is 12.8. The van der Waals surface area contributed by atoms with Crippen LogP contribution in [-0.2, 0) is 0 Å². The van der Waals surface area contributed by atoms with Gasteiger partial charge in [-0.25, -0.2) is 13.8 Å². The van der Waals surface area contributed by atoms with Gasteiger partial charge in [0.25, 0.3) is 0 Å². The molecule has 0 fully saturated rings. The summed E-state index contributed by atoms with van der Waals surface area (Å²) in [5, 5.41) is 0. The van der Waals surface area contributed by atoms with Crippen LogP contribution in [0, 0.1) is 17.0 Å². The SMILES string of the molecule is CC(n1c(N)nc2ccc(F)c(F)c21)C(C)(C)C. The highest BCUT2D eigenvalue weighted by Gasteiger charge is 2.27. The second-order valence-corrected chi connectivity index (χ2v) is 5.61. The molecule has 98 valence electrons. The van der Waals surface area contributed by atoms with Gasteiger partial charge >= 0.3 is 0 Å². The Morgan fingerprint density at radius 3 is 2.44 bits per heavy atom. The first-order valence-electron chi connectivity index (χ1n) is 5.85.